The molecule has 2 nitrogen and oxygen atoms in total. The average molecular weight is 267 g/mol. The summed E-state index contributed by atoms with van der Waals surface area (Å²) in [5.41, 5.74) is 0.871. The predicted molar refractivity (Wildman–Crippen MR) is 63.4 cm³/mol. The maximum absolute atomic E-state index is 6.13. The van der Waals surface area contributed by atoms with Crippen LogP contribution >= 0.6 is 34.8 Å². The van der Waals surface area contributed by atoms with Crippen molar-refractivity contribution in [3.8, 4) is 5.75 Å². The molecule has 1 aromatic rings. The van der Waals surface area contributed by atoms with Crippen LogP contribution in [0, 0.1) is 0 Å². The Labute approximate surface area is 103 Å². The van der Waals surface area contributed by atoms with Gasteiger partial charge in [0, 0.05) is 5.56 Å². The number of fused-ring (bicyclic) bond motifs is 1. The molecule has 1 N–H and O–H groups in total. The van der Waals surface area contributed by atoms with E-state index in [0.29, 0.717) is 27.4 Å². The summed E-state index contributed by atoms with van der Waals surface area (Å²) in [5, 5.41) is 4.78. The van der Waals surface area contributed by atoms with Crippen LogP contribution < -0.4 is 10.1 Å². The lowest BCUT2D eigenvalue weighted by molar-refractivity contribution is 0.313. The average Bonchev–Trinajstić information content (AvgIpc) is 2.60. The number of benzene rings is 1. The van der Waals surface area contributed by atoms with Crippen molar-refractivity contribution in [2.75, 3.05) is 13.2 Å². The number of hydrogen-bond acceptors (Lipinski definition) is 2. The molecule has 0 amide bonds. The van der Waals surface area contributed by atoms with Crippen molar-refractivity contribution in [2.45, 2.75) is 13.0 Å². The molecule has 0 bridgehead atoms. The SMILES string of the molecule is CCNC1COc2c(Cl)cc(Cl)c(Cl)c21. The minimum atomic E-state index is 0.0775. The highest BCUT2D eigenvalue weighted by Gasteiger charge is 2.29. The number of likely N-dealkylation sites (N-methyl/N-ethyl adjacent to an activating group) is 1. The molecule has 0 aliphatic carbocycles. The molecule has 1 heterocycles. The van der Waals surface area contributed by atoms with E-state index in [2.05, 4.69) is 5.32 Å². The summed E-state index contributed by atoms with van der Waals surface area (Å²) in [5.74, 6) is 0.650. The van der Waals surface area contributed by atoms with Gasteiger partial charge in [0.25, 0.3) is 0 Å². The Kier molecular flexibility index (Phi) is 3.31. The normalized spacial score (nSPS) is 18.8. The second kappa shape index (κ2) is 4.38. The fourth-order valence-electron chi connectivity index (χ4n) is 1.71. The molecule has 0 spiro atoms. The number of halogens is 3. The van der Waals surface area contributed by atoms with Crippen LogP contribution in [0.2, 0.25) is 15.1 Å². The van der Waals surface area contributed by atoms with E-state index in [1.807, 2.05) is 6.92 Å². The van der Waals surface area contributed by atoms with Crippen molar-refractivity contribution in [2.24, 2.45) is 0 Å². The second-order valence-corrected chi connectivity index (χ2v) is 4.51. The summed E-state index contributed by atoms with van der Waals surface area (Å²) in [6, 6.07) is 1.69. The van der Waals surface area contributed by atoms with Gasteiger partial charge in [0.05, 0.1) is 21.1 Å². The Hall–Kier alpha value is -0.150. The zero-order valence-corrected chi connectivity index (χ0v) is 10.4. The topological polar surface area (TPSA) is 21.3 Å². The van der Waals surface area contributed by atoms with E-state index in [0.717, 1.165) is 12.1 Å². The van der Waals surface area contributed by atoms with Gasteiger partial charge in [0.1, 0.15) is 12.4 Å². The summed E-state index contributed by atoms with van der Waals surface area (Å²) in [6.45, 7) is 3.41. The molecule has 1 unspecified atom stereocenters. The number of nitrogens with one attached hydrogen (secondary N) is 1. The highest BCUT2D eigenvalue weighted by molar-refractivity contribution is 6.44. The first-order valence-corrected chi connectivity index (χ1v) is 5.82. The van der Waals surface area contributed by atoms with Gasteiger partial charge in [-0.05, 0) is 12.6 Å². The molecule has 0 fully saturated rings. The summed E-state index contributed by atoms with van der Waals surface area (Å²) >= 11 is 18.1. The van der Waals surface area contributed by atoms with Crippen LogP contribution in [-0.2, 0) is 0 Å². The molecule has 0 saturated carbocycles. The van der Waals surface area contributed by atoms with Crippen LogP contribution in [0.25, 0.3) is 0 Å². The van der Waals surface area contributed by atoms with Gasteiger partial charge in [-0.1, -0.05) is 41.7 Å². The van der Waals surface area contributed by atoms with Crippen molar-refractivity contribution in [1.82, 2.24) is 5.32 Å². The molecule has 0 aromatic heterocycles. The van der Waals surface area contributed by atoms with Crippen molar-refractivity contribution in [1.29, 1.82) is 0 Å². The summed E-state index contributed by atoms with van der Waals surface area (Å²) in [7, 11) is 0. The number of hydrogen-bond donors (Lipinski definition) is 1. The van der Waals surface area contributed by atoms with Crippen LogP contribution in [-0.4, -0.2) is 13.2 Å². The largest absolute Gasteiger partial charge is 0.490 e. The third-order valence-electron chi connectivity index (χ3n) is 2.35. The van der Waals surface area contributed by atoms with E-state index < -0.39 is 0 Å². The lowest BCUT2D eigenvalue weighted by atomic mass is 10.1. The molecule has 0 saturated heterocycles. The monoisotopic (exact) mass is 265 g/mol. The Balaban J connectivity index is 2.50. The Morgan fingerprint density at radius 2 is 2.13 bits per heavy atom. The van der Waals surface area contributed by atoms with E-state index in [1.165, 1.54) is 0 Å². The molecule has 1 aliphatic heterocycles. The summed E-state index contributed by atoms with van der Waals surface area (Å²) in [4.78, 5) is 0. The van der Waals surface area contributed by atoms with Gasteiger partial charge in [-0.15, -0.1) is 0 Å². The van der Waals surface area contributed by atoms with E-state index in [9.17, 15) is 0 Å². The Bertz CT molecular complexity index is 395. The van der Waals surface area contributed by atoms with Crippen molar-refractivity contribution in [3.63, 3.8) is 0 Å². The summed E-state index contributed by atoms with van der Waals surface area (Å²) in [6.07, 6.45) is 0. The van der Waals surface area contributed by atoms with E-state index in [-0.39, 0.29) is 6.04 Å². The van der Waals surface area contributed by atoms with Crippen molar-refractivity contribution in [3.05, 3.63) is 26.7 Å². The molecule has 1 aromatic carbocycles. The molecule has 5 heteroatoms. The third-order valence-corrected chi connectivity index (χ3v) is 3.44. The van der Waals surface area contributed by atoms with Gasteiger partial charge >= 0.3 is 0 Å². The zero-order valence-electron chi connectivity index (χ0n) is 8.11. The quantitative estimate of drug-likeness (QED) is 0.824. The van der Waals surface area contributed by atoms with Gasteiger partial charge in [-0.25, -0.2) is 0 Å². The molecular weight excluding hydrogens is 256 g/mol. The Morgan fingerprint density at radius 3 is 2.80 bits per heavy atom. The Morgan fingerprint density at radius 1 is 1.40 bits per heavy atom. The van der Waals surface area contributed by atoms with Gasteiger partial charge in [0.15, 0.2) is 0 Å². The van der Waals surface area contributed by atoms with Gasteiger partial charge in [-0.2, -0.15) is 0 Å². The molecule has 2 rings (SSSR count). The molecule has 1 atom stereocenters. The third kappa shape index (κ3) is 1.92. The maximum atomic E-state index is 6.13. The number of ether oxygens (including phenoxy) is 1. The summed E-state index contributed by atoms with van der Waals surface area (Å²) < 4.78 is 5.49. The van der Waals surface area contributed by atoms with Crippen LogP contribution in [0.15, 0.2) is 6.07 Å². The molecule has 1 aliphatic rings. The first kappa shape index (κ1) is 11.3. The van der Waals surface area contributed by atoms with Gasteiger partial charge < -0.3 is 10.1 Å². The molecular formula is C10H10Cl3NO. The smallest absolute Gasteiger partial charge is 0.144 e. The highest BCUT2D eigenvalue weighted by atomic mass is 35.5. The lowest BCUT2D eigenvalue weighted by Crippen LogP contribution is -2.22. The fourth-order valence-corrected chi connectivity index (χ4v) is 2.52. The van der Waals surface area contributed by atoms with Crippen LogP contribution in [0.4, 0.5) is 0 Å². The number of rotatable bonds is 2. The molecule has 15 heavy (non-hydrogen) atoms. The van der Waals surface area contributed by atoms with Crippen LogP contribution in [0.1, 0.15) is 18.5 Å². The highest BCUT2D eigenvalue weighted by Crippen LogP contribution is 2.45. The van der Waals surface area contributed by atoms with Crippen LogP contribution in [0.5, 0.6) is 5.75 Å². The second-order valence-electron chi connectivity index (χ2n) is 3.32. The van der Waals surface area contributed by atoms with Crippen LogP contribution in [0.3, 0.4) is 0 Å². The van der Waals surface area contributed by atoms with E-state index in [1.54, 1.807) is 6.07 Å². The van der Waals surface area contributed by atoms with E-state index in [4.69, 9.17) is 39.5 Å². The van der Waals surface area contributed by atoms with Gasteiger partial charge in [-0.3, -0.25) is 0 Å². The van der Waals surface area contributed by atoms with E-state index >= 15 is 0 Å². The zero-order chi connectivity index (χ0) is 11.0. The predicted octanol–water partition coefficient (Wildman–Crippen LogP) is 3.69. The van der Waals surface area contributed by atoms with Gasteiger partial charge in [0.2, 0.25) is 0 Å². The molecule has 82 valence electrons. The standard InChI is InChI=1S/C10H10Cl3NO/c1-2-14-7-4-15-10-6(12)3-5(11)9(13)8(7)10/h3,7,14H,2,4H2,1H3. The molecule has 0 radical (unpaired) electrons. The fraction of sp³-hybridized carbons (Fsp3) is 0.400. The lowest BCUT2D eigenvalue weighted by Gasteiger charge is -2.11. The first-order valence-electron chi connectivity index (χ1n) is 4.68. The minimum absolute atomic E-state index is 0.0775. The first-order chi connectivity index (χ1) is 7.15. The van der Waals surface area contributed by atoms with Crippen molar-refractivity contribution >= 4 is 34.8 Å². The van der Waals surface area contributed by atoms with Crippen molar-refractivity contribution < 1.29 is 4.74 Å². The maximum Gasteiger partial charge on any atom is 0.144 e. The minimum Gasteiger partial charge on any atom is -0.490 e.